The molecule has 1 aliphatic rings. The Morgan fingerprint density at radius 1 is 1.27 bits per heavy atom. The van der Waals surface area contributed by atoms with E-state index < -0.39 is 0 Å². The molecule has 6 nitrogen and oxygen atoms in total. The SMILES string of the molecule is O=c1[nH]c(O)c(C=Nc2nnc(C3CC3)s2)c2ccccc12. The third kappa shape index (κ3) is 2.29. The quantitative estimate of drug-likeness (QED) is 0.727. The van der Waals surface area contributed by atoms with Crippen LogP contribution in [0.15, 0.2) is 34.1 Å². The zero-order valence-corrected chi connectivity index (χ0v) is 12.3. The molecule has 0 radical (unpaired) electrons. The lowest BCUT2D eigenvalue weighted by molar-refractivity contribution is 0.452. The Labute approximate surface area is 129 Å². The summed E-state index contributed by atoms with van der Waals surface area (Å²) < 4.78 is 0. The molecule has 1 fully saturated rings. The van der Waals surface area contributed by atoms with Crippen LogP contribution in [0.2, 0.25) is 0 Å². The summed E-state index contributed by atoms with van der Waals surface area (Å²) in [4.78, 5) is 18.5. The maximum absolute atomic E-state index is 11.8. The van der Waals surface area contributed by atoms with Crippen molar-refractivity contribution in [3.63, 3.8) is 0 Å². The summed E-state index contributed by atoms with van der Waals surface area (Å²) >= 11 is 1.46. The number of benzene rings is 1. The summed E-state index contributed by atoms with van der Waals surface area (Å²) in [6, 6.07) is 7.08. The first-order valence-electron chi connectivity index (χ1n) is 6.94. The highest BCUT2D eigenvalue weighted by atomic mass is 32.1. The summed E-state index contributed by atoms with van der Waals surface area (Å²) in [5.74, 6) is 0.350. The molecule has 2 aromatic heterocycles. The molecule has 4 rings (SSSR count). The Morgan fingerprint density at radius 2 is 2.05 bits per heavy atom. The monoisotopic (exact) mass is 312 g/mol. The fourth-order valence-electron chi connectivity index (χ4n) is 2.31. The number of aromatic amines is 1. The lowest BCUT2D eigenvalue weighted by atomic mass is 10.1. The first-order chi connectivity index (χ1) is 10.7. The molecule has 2 N–H and O–H groups in total. The zero-order valence-electron chi connectivity index (χ0n) is 11.5. The van der Waals surface area contributed by atoms with E-state index in [0.29, 0.717) is 27.4 Å². The summed E-state index contributed by atoms with van der Waals surface area (Å²) in [5.41, 5.74) is 0.149. The van der Waals surface area contributed by atoms with Gasteiger partial charge in [-0.05, 0) is 18.9 Å². The molecular formula is C15H12N4O2S. The molecule has 22 heavy (non-hydrogen) atoms. The second kappa shape index (κ2) is 5.03. The number of rotatable bonds is 3. The minimum Gasteiger partial charge on any atom is -0.494 e. The maximum Gasteiger partial charge on any atom is 0.258 e. The van der Waals surface area contributed by atoms with Gasteiger partial charge in [0.25, 0.3) is 5.56 Å². The first-order valence-corrected chi connectivity index (χ1v) is 7.75. The second-order valence-electron chi connectivity index (χ2n) is 5.22. The van der Waals surface area contributed by atoms with Gasteiger partial charge in [-0.1, -0.05) is 29.5 Å². The van der Waals surface area contributed by atoms with Crippen LogP contribution in [0.4, 0.5) is 5.13 Å². The minimum atomic E-state index is -0.322. The molecule has 1 aromatic carbocycles. The van der Waals surface area contributed by atoms with Gasteiger partial charge in [0.15, 0.2) is 0 Å². The van der Waals surface area contributed by atoms with Crippen LogP contribution in [-0.4, -0.2) is 26.5 Å². The number of aromatic hydroxyl groups is 1. The van der Waals surface area contributed by atoms with E-state index in [4.69, 9.17) is 0 Å². The van der Waals surface area contributed by atoms with Crippen molar-refractivity contribution in [1.82, 2.24) is 15.2 Å². The standard InChI is InChI=1S/C15H12N4O2S/c20-12-10-4-2-1-3-9(10)11(13(21)17-12)7-16-15-19-18-14(22-15)8-5-6-8/h1-4,7-8H,5-6H2,(H2,17,20,21). The Hall–Kier alpha value is -2.54. The van der Waals surface area contributed by atoms with Crippen molar-refractivity contribution in [3.8, 4) is 5.88 Å². The van der Waals surface area contributed by atoms with Gasteiger partial charge in [0.05, 0.1) is 5.56 Å². The molecule has 0 amide bonds. The Morgan fingerprint density at radius 3 is 2.82 bits per heavy atom. The molecule has 3 aromatic rings. The average molecular weight is 312 g/mol. The third-order valence-corrected chi connectivity index (χ3v) is 4.60. The topological polar surface area (TPSA) is 91.2 Å². The molecule has 0 saturated heterocycles. The number of fused-ring (bicyclic) bond motifs is 1. The molecule has 2 heterocycles. The summed E-state index contributed by atoms with van der Waals surface area (Å²) in [7, 11) is 0. The third-order valence-electron chi connectivity index (χ3n) is 3.61. The minimum absolute atomic E-state index is 0.195. The number of H-pyrrole nitrogens is 1. The van der Waals surface area contributed by atoms with Crippen LogP contribution in [0.3, 0.4) is 0 Å². The van der Waals surface area contributed by atoms with E-state index in [1.165, 1.54) is 30.4 Å². The smallest absolute Gasteiger partial charge is 0.258 e. The van der Waals surface area contributed by atoms with E-state index >= 15 is 0 Å². The van der Waals surface area contributed by atoms with Gasteiger partial charge >= 0.3 is 0 Å². The van der Waals surface area contributed by atoms with Gasteiger partial charge in [-0.2, -0.15) is 0 Å². The summed E-state index contributed by atoms with van der Waals surface area (Å²) in [6.45, 7) is 0. The van der Waals surface area contributed by atoms with Crippen molar-refractivity contribution in [2.75, 3.05) is 0 Å². The first kappa shape index (κ1) is 13.1. The van der Waals surface area contributed by atoms with Crippen molar-refractivity contribution in [2.45, 2.75) is 18.8 Å². The number of aromatic nitrogens is 3. The molecule has 0 bridgehead atoms. The van der Waals surface area contributed by atoms with Gasteiger partial charge in [-0.15, -0.1) is 10.2 Å². The number of nitrogens with zero attached hydrogens (tertiary/aromatic N) is 3. The van der Waals surface area contributed by atoms with Gasteiger partial charge in [0.2, 0.25) is 11.0 Å². The molecule has 0 unspecified atom stereocenters. The van der Waals surface area contributed by atoms with Crippen LogP contribution in [-0.2, 0) is 0 Å². The molecule has 0 aliphatic heterocycles. The molecule has 0 atom stereocenters. The molecule has 7 heteroatoms. The van der Waals surface area contributed by atoms with E-state index in [9.17, 15) is 9.90 Å². The van der Waals surface area contributed by atoms with Crippen LogP contribution in [0, 0.1) is 0 Å². The Balaban J connectivity index is 1.76. The fraction of sp³-hybridized carbons (Fsp3) is 0.200. The molecule has 1 saturated carbocycles. The summed E-state index contributed by atoms with van der Waals surface area (Å²) in [6.07, 6.45) is 3.86. The van der Waals surface area contributed by atoms with Gasteiger partial charge in [-0.3, -0.25) is 9.78 Å². The van der Waals surface area contributed by atoms with Crippen LogP contribution >= 0.6 is 11.3 Å². The van der Waals surface area contributed by atoms with E-state index in [0.717, 1.165) is 5.01 Å². The average Bonchev–Trinajstić information content (AvgIpc) is 3.26. The van der Waals surface area contributed by atoms with Gasteiger partial charge in [0, 0.05) is 22.9 Å². The van der Waals surface area contributed by atoms with E-state index in [2.05, 4.69) is 20.2 Å². The number of pyridine rings is 1. The van der Waals surface area contributed by atoms with Crippen molar-refractivity contribution < 1.29 is 5.11 Å². The predicted molar refractivity (Wildman–Crippen MR) is 85.4 cm³/mol. The lowest BCUT2D eigenvalue weighted by Crippen LogP contribution is -2.07. The number of hydrogen-bond donors (Lipinski definition) is 2. The van der Waals surface area contributed by atoms with Gasteiger partial charge < -0.3 is 5.11 Å². The molecule has 110 valence electrons. The van der Waals surface area contributed by atoms with E-state index in [-0.39, 0.29) is 11.4 Å². The normalized spacial score (nSPS) is 14.9. The van der Waals surface area contributed by atoms with Crippen LogP contribution in [0.1, 0.15) is 29.3 Å². The lowest BCUT2D eigenvalue weighted by Gasteiger charge is -2.03. The zero-order chi connectivity index (χ0) is 15.1. The molecular weight excluding hydrogens is 300 g/mol. The number of hydrogen-bond acceptors (Lipinski definition) is 6. The van der Waals surface area contributed by atoms with Crippen LogP contribution < -0.4 is 5.56 Å². The van der Waals surface area contributed by atoms with Crippen molar-refractivity contribution in [2.24, 2.45) is 4.99 Å². The van der Waals surface area contributed by atoms with Crippen LogP contribution in [0.25, 0.3) is 10.8 Å². The van der Waals surface area contributed by atoms with E-state index in [1.54, 1.807) is 18.2 Å². The highest BCUT2D eigenvalue weighted by molar-refractivity contribution is 7.15. The fourth-order valence-corrected chi connectivity index (χ4v) is 3.17. The summed E-state index contributed by atoms with van der Waals surface area (Å²) in [5, 5.41) is 20.9. The Kier molecular flexibility index (Phi) is 3.00. The van der Waals surface area contributed by atoms with Crippen molar-refractivity contribution in [1.29, 1.82) is 0 Å². The number of aliphatic imine (C=N–C) groups is 1. The van der Waals surface area contributed by atoms with Crippen LogP contribution in [0.5, 0.6) is 5.88 Å². The number of nitrogens with one attached hydrogen (secondary N) is 1. The maximum atomic E-state index is 11.8. The van der Waals surface area contributed by atoms with E-state index in [1.807, 2.05) is 6.07 Å². The highest BCUT2D eigenvalue weighted by Gasteiger charge is 2.27. The second-order valence-corrected chi connectivity index (χ2v) is 6.20. The van der Waals surface area contributed by atoms with Gasteiger partial charge in [-0.25, -0.2) is 4.99 Å². The molecule has 0 spiro atoms. The predicted octanol–water partition coefficient (Wildman–Crippen LogP) is 2.71. The Bertz CT molecular complexity index is 940. The highest BCUT2D eigenvalue weighted by Crippen LogP contribution is 2.42. The molecule has 1 aliphatic carbocycles. The van der Waals surface area contributed by atoms with Crippen molar-refractivity contribution >= 4 is 33.5 Å². The van der Waals surface area contributed by atoms with Gasteiger partial charge in [0.1, 0.15) is 5.01 Å². The largest absolute Gasteiger partial charge is 0.494 e. The van der Waals surface area contributed by atoms with Crippen molar-refractivity contribution in [3.05, 3.63) is 45.2 Å².